The Kier molecular flexibility index (Phi) is 5.41. The summed E-state index contributed by atoms with van der Waals surface area (Å²) in [5.74, 6) is -2.11. The number of hydrogen-bond donors (Lipinski definition) is 1. The number of thiocarbonyl (C=S) groups is 1. The van der Waals surface area contributed by atoms with Gasteiger partial charge in [-0.15, -0.1) is 0 Å². The number of amides is 2. The Bertz CT molecular complexity index is 1270. The molecule has 31 heavy (non-hydrogen) atoms. The zero-order valence-corrected chi connectivity index (χ0v) is 17.2. The monoisotopic (exact) mass is 451 g/mol. The van der Waals surface area contributed by atoms with Gasteiger partial charge >= 0.3 is 0 Å². The molecule has 1 fully saturated rings. The molecule has 1 saturated heterocycles. The maximum atomic E-state index is 13.0. The maximum Gasteiger partial charge on any atom is 0.270 e. The number of carboxylic acid groups (broad SMARTS) is 1. The van der Waals surface area contributed by atoms with E-state index in [0.29, 0.717) is 17.0 Å². The van der Waals surface area contributed by atoms with E-state index in [9.17, 15) is 19.5 Å². The molecule has 1 N–H and O–H groups in total. The Morgan fingerprint density at radius 3 is 2.55 bits per heavy atom. The van der Waals surface area contributed by atoms with Gasteiger partial charge in [0.15, 0.2) is 5.11 Å². The van der Waals surface area contributed by atoms with Crippen LogP contribution in [-0.2, 0) is 9.59 Å². The van der Waals surface area contributed by atoms with Gasteiger partial charge in [-0.05, 0) is 60.8 Å². The van der Waals surface area contributed by atoms with Gasteiger partial charge in [-0.3, -0.25) is 19.8 Å². The lowest BCUT2D eigenvalue weighted by molar-refractivity contribution is -0.255. The van der Waals surface area contributed by atoms with Crippen LogP contribution < -0.4 is 15.3 Å². The van der Waals surface area contributed by atoms with E-state index in [2.05, 4.69) is 5.32 Å². The van der Waals surface area contributed by atoms with Crippen LogP contribution in [0.4, 0.5) is 5.69 Å². The van der Waals surface area contributed by atoms with Gasteiger partial charge in [0, 0.05) is 16.1 Å². The molecule has 0 saturated carbocycles. The van der Waals surface area contributed by atoms with E-state index in [4.69, 9.17) is 28.2 Å². The average molecular weight is 452 g/mol. The number of anilines is 1. The van der Waals surface area contributed by atoms with E-state index in [1.54, 1.807) is 48.5 Å². The van der Waals surface area contributed by atoms with Crippen molar-refractivity contribution in [1.82, 2.24) is 5.32 Å². The molecule has 1 aromatic heterocycles. The first kappa shape index (κ1) is 20.5. The first-order chi connectivity index (χ1) is 14.8. The number of hydrogen-bond acceptors (Lipinski definition) is 6. The van der Waals surface area contributed by atoms with Crippen LogP contribution in [0.15, 0.2) is 70.7 Å². The molecule has 0 aliphatic carbocycles. The minimum absolute atomic E-state index is 0.0190. The van der Waals surface area contributed by atoms with E-state index in [1.165, 1.54) is 23.1 Å². The van der Waals surface area contributed by atoms with Crippen molar-refractivity contribution >= 4 is 58.5 Å². The van der Waals surface area contributed by atoms with Gasteiger partial charge < -0.3 is 14.3 Å². The summed E-state index contributed by atoms with van der Waals surface area (Å²) in [5.41, 5.74) is 0.619. The Morgan fingerprint density at radius 2 is 1.84 bits per heavy atom. The Labute approximate surface area is 186 Å². The van der Waals surface area contributed by atoms with Crippen LogP contribution >= 0.6 is 23.8 Å². The van der Waals surface area contributed by atoms with Crippen LogP contribution in [0.1, 0.15) is 16.1 Å². The van der Waals surface area contributed by atoms with E-state index >= 15 is 0 Å². The molecular weight excluding hydrogens is 440 g/mol. The highest BCUT2D eigenvalue weighted by molar-refractivity contribution is 7.80. The third-order valence-electron chi connectivity index (χ3n) is 4.50. The summed E-state index contributed by atoms with van der Waals surface area (Å²) in [5, 5.41) is 13.7. The highest BCUT2D eigenvalue weighted by atomic mass is 35.5. The van der Waals surface area contributed by atoms with Gasteiger partial charge in [0.05, 0.1) is 11.7 Å². The van der Waals surface area contributed by atoms with Crippen molar-refractivity contribution in [3.63, 3.8) is 0 Å². The van der Waals surface area contributed by atoms with Gasteiger partial charge in [0.1, 0.15) is 17.1 Å². The zero-order chi connectivity index (χ0) is 22.1. The summed E-state index contributed by atoms with van der Waals surface area (Å²) in [4.78, 5) is 37.8. The summed E-state index contributed by atoms with van der Waals surface area (Å²) in [6.45, 7) is 0. The molecule has 9 heteroatoms. The van der Waals surface area contributed by atoms with Crippen molar-refractivity contribution in [2.24, 2.45) is 0 Å². The van der Waals surface area contributed by atoms with Crippen LogP contribution in [0.5, 0.6) is 0 Å². The smallest absolute Gasteiger partial charge is 0.270 e. The second-order valence-electron chi connectivity index (χ2n) is 6.48. The number of rotatable bonds is 4. The quantitative estimate of drug-likeness (QED) is 0.372. The molecule has 3 aromatic rings. The summed E-state index contributed by atoms with van der Waals surface area (Å²) in [6, 6.07) is 16.1. The first-order valence-electron chi connectivity index (χ1n) is 8.93. The van der Waals surface area contributed by atoms with Gasteiger partial charge in [0.25, 0.3) is 11.8 Å². The highest BCUT2D eigenvalue weighted by Gasteiger charge is 2.34. The number of carbonyl (C=O) groups is 3. The fourth-order valence-electron chi connectivity index (χ4n) is 3.03. The zero-order valence-electron chi connectivity index (χ0n) is 15.6. The second-order valence-corrected chi connectivity index (χ2v) is 7.27. The molecule has 2 heterocycles. The lowest BCUT2D eigenvalue weighted by Gasteiger charge is -2.28. The fourth-order valence-corrected chi connectivity index (χ4v) is 3.51. The van der Waals surface area contributed by atoms with Crippen LogP contribution in [0.3, 0.4) is 0 Å². The van der Waals surface area contributed by atoms with Gasteiger partial charge in [-0.2, -0.15) is 0 Å². The van der Waals surface area contributed by atoms with E-state index < -0.39 is 17.8 Å². The number of carboxylic acids is 1. The number of nitrogens with one attached hydrogen (secondary N) is 1. The van der Waals surface area contributed by atoms with Crippen molar-refractivity contribution in [3.05, 3.63) is 82.6 Å². The second kappa shape index (κ2) is 8.17. The predicted molar refractivity (Wildman–Crippen MR) is 116 cm³/mol. The minimum atomic E-state index is -1.41. The van der Waals surface area contributed by atoms with Crippen molar-refractivity contribution in [2.45, 2.75) is 0 Å². The van der Waals surface area contributed by atoms with Gasteiger partial charge in [0.2, 0.25) is 0 Å². The van der Waals surface area contributed by atoms with Crippen LogP contribution in [0.25, 0.3) is 17.4 Å². The van der Waals surface area contributed by atoms with E-state index in [0.717, 1.165) is 0 Å². The maximum absolute atomic E-state index is 13.0. The molecule has 4 rings (SSSR count). The third kappa shape index (κ3) is 3.98. The summed E-state index contributed by atoms with van der Waals surface area (Å²) >= 11 is 11.0. The lowest BCUT2D eigenvalue weighted by Crippen LogP contribution is -2.54. The molecule has 0 atom stereocenters. The number of nitrogens with zero attached hydrogens (tertiary/aromatic N) is 1. The number of benzene rings is 2. The molecule has 1 aliphatic rings. The van der Waals surface area contributed by atoms with Gasteiger partial charge in [-0.25, -0.2) is 0 Å². The molecule has 7 nitrogen and oxygen atoms in total. The lowest BCUT2D eigenvalue weighted by atomic mass is 10.1. The average Bonchev–Trinajstić information content (AvgIpc) is 3.20. The highest BCUT2D eigenvalue weighted by Crippen LogP contribution is 2.28. The van der Waals surface area contributed by atoms with Crippen molar-refractivity contribution < 1.29 is 23.9 Å². The molecular formula is C22H12ClN2O5S-. The van der Waals surface area contributed by atoms with Crippen LogP contribution in [-0.4, -0.2) is 22.9 Å². The molecule has 0 radical (unpaired) electrons. The molecule has 2 aromatic carbocycles. The van der Waals surface area contributed by atoms with Crippen molar-refractivity contribution in [3.8, 4) is 11.3 Å². The molecule has 1 aliphatic heterocycles. The number of halogens is 1. The Hall–Kier alpha value is -3.75. The SMILES string of the molecule is O=C1NC(=S)N(c2ccccc2)C(=O)/C1=C/c1ccc(-c2ccc(Cl)c(C(=O)[O-])c2)o1. The van der Waals surface area contributed by atoms with Gasteiger partial charge in [-0.1, -0.05) is 29.8 Å². The number of aromatic carboxylic acids is 1. The minimum Gasteiger partial charge on any atom is -0.545 e. The Morgan fingerprint density at radius 1 is 1.10 bits per heavy atom. The normalized spacial score (nSPS) is 15.3. The topological polar surface area (TPSA) is 103 Å². The summed E-state index contributed by atoms with van der Waals surface area (Å²) < 4.78 is 5.70. The molecule has 154 valence electrons. The predicted octanol–water partition coefficient (Wildman–Crippen LogP) is 2.79. The molecule has 0 bridgehead atoms. The molecule has 2 amide bonds. The van der Waals surface area contributed by atoms with E-state index in [1.807, 2.05) is 0 Å². The first-order valence-corrected chi connectivity index (χ1v) is 9.71. The largest absolute Gasteiger partial charge is 0.545 e. The van der Waals surface area contributed by atoms with Crippen LogP contribution in [0.2, 0.25) is 5.02 Å². The van der Waals surface area contributed by atoms with E-state index in [-0.39, 0.29) is 27.0 Å². The van der Waals surface area contributed by atoms with Crippen LogP contribution in [0, 0.1) is 0 Å². The summed E-state index contributed by atoms with van der Waals surface area (Å²) in [7, 11) is 0. The Balaban J connectivity index is 1.67. The number of para-hydroxylation sites is 1. The number of carbonyl (C=O) groups excluding carboxylic acids is 3. The standard InChI is InChI=1S/C22H13ClN2O5S/c23-17-8-6-12(10-15(17)21(28)29)18-9-7-14(30-18)11-16-19(26)24-22(31)25(20(16)27)13-4-2-1-3-5-13/h1-11H,(H,28,29)(H,24,26,31)/p-1/b16-11+. The molecule has 0 unspecified atom stereocenters. The fraction of sp³-hybridized carbons (Fsp3) is 0. The number of furan rings is 1. The van der Waals surface area contributed by atoms with Crippen molar-refractivity contribution in [1.29, 1.82) is 0 Å². The third-order valence-corrected chi connectivity index (χ3v) is 5.11. The molecule has 0 spiro atoms. The summed E-state index contributed by atoms with van der Waals surface area (Å²) in [6.07, 6.45) is 1.30. The van der Waals surface area contributed by atoms with Crippen molar-refractivity contribution in [2.75, 3.05) is 4.90 Å².